The van der Waals surface area contributed by atoms with Gasteiger partial charge in [-0.3, -0.25) is 9.59 Å². The summed E-state index contributed by atoms with van der Waals surface area (Å²) in [6, 6.07) is 3.55. The van der Waals surface area contributed by atoms with Crippen molar-refractivity contribution in [3.05, 3.63) is 62.5 Å². The molecule has 0 bridgehead atoms. The average molecular weight is 514 g/mol. The molecule has 1 amide bonds. The molecule has 0 radical (unpaired) electrons. The Hall–Kier alpha value is -3.09. The molecule has 0 saturated heterocycles. The molecule has 3 rings (SSSR count). The largest absolute Gasteiger partial charge is 0.416 e. The summed E-state index contributed by atoms with van der Waals surface area (Å²) in [7, 11) is 0. The summed E-state index contributed by atoms with van der Waals surface area (Å²) in [5, 5.41) is 14.6. The number of ketones is 1. The van der Waals surface area contributed by atoms with E-state index in [1.165, 1.54) is 31.6 Å². The molecule has 2 heterocycles. The number of benzene rings is 1. The number of nitrogens with one attached hydrogen (secondary N) is 2. The van der Waals surface area contributed by atoms with Crippen LogP contribution in [0.4, 0.5) is 24.7 Å². The quantitative estimate of drug-likeness (QED) is 0.363. The molecule has 13 heteroatoms. The van der Waals surface area contributed by atoms with Gasteiger partial charge >= 0.3 is 6.18 Å². The number of aromatic nitrogens is 3. The van der Waals surface area contributed by atoms with E-state index < -0.39 is 17.6 Å². The van der Waals surface area contributed by atoms with Crippen molar-refractivity contribution >= 4 is 46.1 Å². The molecule has 0 aliphatic rings. The molecule has 1 aromatic carbocycles. The molecule has 0 atom stereocenters. The van der Waals surface area contributed by atoms with Gasteiger partial charge < -0.3 is 15.7 Å². The molecule has 0 aliphatic heterocycles. The normalized spacial score (nSPS) is 11.4. The van der Waals surface area contributed by atoms with Crippen LogP contribution in [-0.4, -0.2) is 44.9 Å². The van der Waals surface area contributed by atoms with Crippen molar-refractivity contribution in [1.29, 1.82) is 0 Å². The van der Waals surface area contributed by atoms with Gasteiger partial charge in [0, 0.05) is 25.1 Å². The lowest BCUT2D eigenvalue weighted by Gasteiger charge is -2.12. The van der Waals surface area contributed by atoms with Crippen molar-refractivity contribution in [1.82, 2.24) is 15.0 Å². The number of hydrogen-bond acceptors (Lipinski definition) is 8. The van der Waals surface area contributed by atoms with Gasteiger partial charge in [-0.25, -0.2) is 15.0 Å². The van der Waals surface area contributed by atoms with Crippen molar-refractivity contribution in [3.8, 4) is 0 Å². The van der Waals surface area contributed by atoms with E-state index in [0.29, 0.717) is 5.01 Å². The standard InChI is InChI=1S/C21H19ClF3N5O3S/c1-11-2-3-12(8-13(11)21(23,24)25)30-20(33)15-9-27-16(34-15)5-4-14(32)18-17(22)19(26-6-7-31)29-10-28-18/h2-3,8-10,31H,4-7H2,1H3,(H,30,33)(H,26,28,29). The van der Waals surface area contributed by atoms with Crippen molar-refractivity contribution in [2.45, 2.75) is 25.9 Å². The fraction of sp³-hybridized carbons (Fsp3) is 0.286. The number of rotatable bonds is 9. The van der Waals surface area contributed by atoms with Gasteiger partial charge in [-0.2, -0.15) is 13.2 Å². The van der Waals surface area contributed by atoms with Gasteiger partial charge in [-0.1, -0.05) is 17.7 Å². The van der Waals surface area contributed by atoms with E-state index in [-0.39, 0.29) is 64.4 Å². The van der Waals surface area contributed by atoms with E-state index in [0.717, 1.165) is 17.4 Å². The number of aliphatic hydroxyl groups excluding tert-OH is 1. The first-order chi connectivity index (χ1) is 16.1. The highest BCUT2D eigenvalue weighted by Crippen LogP contribution is 2.33. The third-order valence-corrected chi connectivity index (χ3v) is 6.02. The molecular formula is C21H19ClF3N5O3S. The van der Waals surface area contributed by atoms with Gasteiger partial charge in [-0.05, 0) is 24.6 Å². The molecule has 2 aromatic heterocycles. The highest BCUT2D eigenvalue weighted by molar-refractivity contribution is 7.13. The van der Waals surface area contributed by atoms with Crippen LogP contribution in [0, 0.1) is 6.92 Å². The zero-order chi connectivity index (χ0) is 24.9. The van der Waals surface area contributed by atoms with Crippen LogP contribution in [-0.2, 0) is 12.6 Å². The Morgan fingerprint density at radius 2 is 1.97 bits per heavy atom. The minimum absolute atomic E-state index is 0.0112. The maximum Gasteiger partial charge on any atom is 0.416 e. The van der Waals surface area contributed by atoms with E-state index in [1.54, 1.807) is 0 Å². The Morgan fingerprint density at radius 1 is 1.21 bits per heavy atom. The SMILES string of the molecule is Cc1ccc(NC(=O)c2cnc(CCC(=O)c3ncnc(NCCO)c3Cl)s2)cc1C(F)(F)F. The fourth-order valence-corrected chi connectivity index (χ4v) is 4.01. The summed E-state index contributed by atoms with van der Waals surface area (Å²) in [4.78, 5) is 37.1. The maximum absolute atomic E-state index is 13.1. The van der Waals surface area contributed by atoms with Crippen LogP contribution < -0.4 is 10.6 Å². The average Bonchev–Trinajstić information content (AvgIpc) is 3.26. The molecule has 34 heavy (non-hydrogen) atoms. The highest BCUT2D eigenvalue weighted by Gasteiger charge is 2.32. The number of nitrogens with zero attached hydrogens (tertiary/aromatic N) is 3. The predicted molar refractivity (Wildman–Crippen MR) is 122 cm³/mol. The molecule has 0 unspecified atom stereocenters. The van der Waals surface area contributed by atoms with Gasteiger partial charge in [0.2, 0.25) is 0 Å². The second-order valence-electron chi connectivity index (χ2n) is 7.06. The van der Waals surface area contributed by atoms with E-state index >= 15 is 0 Å². The summed E-state index contributed by atoms with van der Waals surface area (Å²) in [6.45, 7) is 1.40. The van der Waals surface area contributed by atoms with Crippen molar-refractivity contribution in [3.63, 3.8) is 0 Å². The van der Waals surface area contributed by atoms with Gasteiger partial charge in [0.05, 0.1) is 23.4 Å². The van der Waals surface area contributed by atoms with Crippen LogP contribution in [0.15, 0.2) is 30.7 Å². The molecule has 3 N–H and O–H groups in total. The first-order valence-corrected chi connectivity index (χ1v) is 11.1. The van der Waals surface area contributed by atoms with Crippen molar-refractivity contribution in [2.75, 3.05) is 23.8 Å². The maximum atomic E-state index is 13.1. The molecular weight excluding hydrogens is 495 g/mol. The second kappa shape index (κ2) is 10.9. The number of aryl methyl sites for hydroxylation is 2. The summed E-state index contributed by atoms with van der Waals surface area (Å²) < 4.78 is 39.3. The van der Waals surface area contributed by atoms with Crippen molar-refractivity contribution in [2.24, 2.45) is 0 Å². The molecule has 0 saturated carbocycles. The van der Waals surface area contributed by atoms with Crippen LogP contribution in [0.25, 0.3) is 0 Å². The molecule has 0 fully saturated rings. The number of carbonyl (C=O) groups excluding carboxylic acids is 2. The summed E-state index contributed by atoms with van der Waals surface area (Å²) >= 11 is 7.19. The molecule has 0 spiro atoms. The lowest BCUT2D eigenvalue weighted by atomic mass is 10.1. The number of anilines is 2. The Kier molecular flexibility index (Phi) is 8.18. The Bertz CT molecular complexity index is 1200. The molecule has 8 nitrogen and oxygen atoms in total. The first kappa shape index (κ1) is 25.5. The zero-order valence-corrected chi connectivity index (χ0v) is 19.3. The van der Waals surface area contributed by atoms with E-state index in [2.05, 4.69) is 25.6 Å². The van der Waals surface area contributed by atoms with Gasteiger partial charge in [-0.15, -0.1) is 11.3 Å². The minimum atomic E-state index is -4.53. The van der Waals surface area contributed by atoms with E-state index in [4.69, 9.17) is 16.7 Å². The smallest absolute Gasteiger partial charge is 0.395 e. The molecule has 3 aromatic rings. The van der Waals surface area contributed by atoms with Crippen molar-refractivity contribution < 1.29 is 27.9 Å². The minimum Gasteiger partial charge on any atom is -0.395 e. The second-order valence-corrected chi connectivity index (χ2v) is 8.55. The van der Waals surface area contributed by atoms with Gasteiger partial charge in [0.25, 0.3) is 5.91 Å². The Balaban J connectivity index is 1.63. The predicted octanol–water partition coefficient (Wildman–Crippen LogP) is 4.39. The van der Waals surface area contributed by atoms with Crippen LogP contribution in [0.5, 0.6) is 0 Å². The van der Waals surface area contributed by atoms with Crippen LogP contribution in [0.1, 0.15) is 42.7 Å². The number of aliphatic hydroxyl groups is 1. The number of amides is 1. The van der Waals surface area contributed by atoms with Gasteiger partial charge in [0.1, 0.15) is 27.7 Å². The number of halogens is 4. The van der Waals surface area contributed by atoms with Crippen LogP contribution in [0.2, 0.25) is 5.02 Å². The number of hydrogen-bond donors (Lipinski definition) is 3. The Morgan fingerprint density at radius 3 is 2.68 bits per heavy atom. The number of thiazole rings is 1. The number of Topliss-reactive ketones (excluding diaryl/α,β-unsaturated/α-hetero) is 1. The van der Waals surface area contributed by atoms with Gasteiger partial charge in [0.15, 0.2) is 5.78 Å². The van der Waals surface area contributed by atoms with E-state index in [1.807, 2.05) is 0 Å². The summed E-state index contributed by atoms with van der Waals surface area (Å²) in [5.74, 6) is -0.738. The summed E-state index contributed by atoms with van der Waals surface area (Å²) in [5.41, 5.74) is -0.745. The molecule has 180 valence electrons. The van der Waals surface area contributed by atoms with E-state index in [9.17, 15) is 22.8 Å². The van der Waals surface area contributed by atoms with Crippen LogP contribution >= 0.6 is 22.9 Å². The lowest BCUT2D eigenvalue weighted by molar-refractivity contribution is -0.138. The summed E-state index contributed by atoms with van der Waals surface area (Å²) in [6.07, 6.45) is -1.83. The fourth-order valence-electron chi connectivity index (χ4n) is 2.93. The van der Waals surface area contributed by atoms with Crippen LogP contribution in [0.3, 0.4) is 0 Å². The zero-order valence-electron chi connectivity index (χ0n) is 17.7. The topological polar surface area (TPSA) is 117 Å². The first-order valence-electron chi connectivity index (χ1n) is 9.92. The third kappa shape index (κ3) is 6.27. The Labute approximate surface area is 201 Å². The highest BCUT2D eigenvalue weighted by atomic mass is 35.5. The molecule has 0 aliphatic carbocycles. The lowest BCUT2D eigenvalue weighted by Crippen LogP contribution is -2.13. The number of carbonyl (C=O) groups is 2. The monoisotopic (exact) mass is 513 g/mol. The third-order valence-electron chi connectivity index (χ3n) is 4.60. The number of alkyl halides is 3.